The number of amides is 1. The Bertz CT molecular complexity index is 568. The highest BCUT2D eigenvalue weighted by molar-refractivity contribution is 8.77. The molecule has 0 bridgehead atoms. The lowest BCUT2D eigenvalue weighted by Crippen LogP contribution is -2.50. The van der Waals surface area contributed by atoms with Crippen LogP contribution in [0.15, 0.2) is 0 Å². The number of hydrogen-bond acceptors (Lipinski definition) is 9. The molecular formula is C18H29NO6S3. The normalized spacial score (nSPS) is 24.6. The molecule has 0 spiro atoms. The van der Waals surface area contributed by atoms with Crippen molar-refractivity contribution >= 4 is 51.4 Å². The molecule has 160 valence electrons. The van der Waals surface area contributed by atoms with Gasteiger partial charge in [-0.2, -0.15) is 0 Å². The molecule has 2 aliphatic rings. The van der Waals surface area contributed by atoms with Crippen LogP contribution in [-0.4, -0.2) is 64.0 Å². The molecule has 0 aromatic carbocycles. The summed E-state index contributed by atoms with van der Waals surface area (Å²) in [5.41, 5.74) is 0. The molecule has 0 aliphatic carbocycles. The zero-order valence-electron chi connectivity index (χ0n) is 16.8. The summed E-state index contributed by atoms with van der Waals surface area (Å²) in [6.45, 7) is 5.25. The number of rotatable bonds is 8. The molecule has 2 fully saturated rings. The predicted molar refractivity (Wildman–Crippen MR) is 113 cm³/mol. The van der Waals surface area contributed by atoms with Gasteiger partial charge in [0.1, 0.15) is 6.04 Å². The van der Waals surface area contributed by atoms with Crippen molar-refractivity contribution in [1.82, 2.24) is 4.90 Å². The Morgan fingerprint density at radius 1 is 1.21 bits per heavy atom. The third kappa shape index (κ3) is 6.66. The summed E-state index contributed by atoms with van der Waals surface area (Å²) in [6.07, 6.45) is 2.73. The Balaban J connectivity index is 1.72. The van der Waals surface area contributed by atoms with E-state index in [4.69, 9.17) is 14.2 Å². The van der Waals surface area contributed by atoms with Gasteiger partial charge in [-0.25, -0.2) is 9.59 Å². The largest absolute Gasteiger partial charge is 0.467 e. The SMILES string of the molecule is COC(=O)C1N(C(=O)OC(C)OC(=O)CCCCC2CCSS2)CSC1(C)C. The van der Waals surface area contributed by atoms with Crippen LogP contribution in [-0.2, 0) is 23.8 Å². The summed E-state index contributed by atoms with van der Waals surface area (Å²) >= 11 is 1.47. The van der Waals surface area contributed by atoms with Crippen molar-refractivity contribution in [1.29, 1.82) is 0 Å². The van der Waals surface area contributed by atoms with Gasteiger partial charge in [0.2, 0.25) is 6.29 Å². The quantitative estimate of drug-likeness (QED) is 0.235. The van der Waals surface area contributed by atoms with E-state index in [1.165, 1.54) is 42.9 Å². The first-order chi connectivity index (χ1) is 13.2. The highest BCUT2D eigenvalue weighted by Crippen LogP contribution is 2.40. The molecule has 0 aromatic rings. The third-order valence-electron chi connectivity index (χ3n) is 4.65. The van der Waals surface area contributed by atoms with Crippen molar-refractivity contribution in [3.05, 3.63) is 0 Å². The van der Waals surface area contributed by atoms with Crippen molar-refractivity contribution in [3.8, 4) is 0 Å². The summed E-state index contributed by atoms with van der Waals surface area (Å²) < 4.78 is 14.8. The Hall–Kier alpha value is -0.740. The standard InChI is InChI=1S/C18H29NO6S3/c1-12(24-14(20)8-6-5-7-13-9-10-27-28-13)25-17(22)19-11-26-18(2,3)15(19)16(21)23-4/h12-13,15H,5-11H2,1-4H3. The second-order valence-electron chi connectivity index (χ2n) is 7.29. The van der Waals surface area contributed by atoms with E-state index in [0.29, 0.717) is 17.5 Å². The molecule has 0 N–H and O–H groups in total. The number of carbonyl (C=O) groups is 3. The molecule has 0 radical (unpaired) electrons. The first-order valence-electron chi connectivity index (χ1n) is 9.41. The number of esters is 2. The van der Waals surface area contributed by atoms with E-state index in [9.17, 15) is 14.4 Å². The van der Waals surface area contributed by atoms with Crippen LogP contribution in [0.3, 0.4) is 0 Å². The molecule has 3 atom stereocenters. The van der Waals surface area contributed by atoms with E-state index < -0.39 is 29.1 Å². The fraction of sp³-hybridized carbons (Fsp3) is 0.833. The molecule has 2 heterocycles. The number of thioether (sulfide) groups is 1. The van der Waals surface area contributed by atoms with Crippen molar-refractivity contribution in [2.75, 3.05) is 18.7 Å². The van der Waals surface area contributed by atoms with Crippen LogP contribution in [0, 0.1) is 0 Å². The van der Waals surface area contributed by atoms with Crippen LogP contribution in [0.4, 0.5) is 4.79 Å². The summed E-state index contributed by atoms with van der Waals surface area (Å²) in [5.74, 6) is 0.651. The van der Waals surface area contributed by atoms with Gasteiger partial charge >= 0.3 is 18.0 Å². The summed E-state index contributed by atoms with van der Waals surface area (Å²) in [4.78, 5) is 37.8. The molecule has 0 saturated carbocycles. The van der Waals surface area contributed by atoms with Crippen LogP contribution < -0.4 is 0 Å². The first kappa shape index (κ1) is 23.5. The van der Waals surface area contributed by atoms with Crippen molar-refractivity contribution in [2.45, 2.75) is 75.2 Å². The highest BCUT2D eigenvalue weighted by Gasteiger charge is 2.49. The van der Waals surface area contributed by atoms with E-state index in [-0.39, 0.29) is 5.97 Å². The number of ether oxygens (including phenoxy) is 3. The van der Waals surface area contributed by atoms with Crippen molar-refractivity contribution < 1.29 is 28.6 Å². The zero-order valence-corrected chi connectivity index (χ0v) is 19.3. The van der Waals surface area contributed by atoms with Gasteiger partial charge in [-0.3, -0.25) is 9.69 Å². The molecule has 3 unspecified atom stereocenters. The lowest BCUT2D eigenvalue weighted by Gasteiger charge is -2.29. The van der Waals surface area contributed by atoms with Crippen LogP contribution in [0.5, 0.6) is 0 Å². The van der Waals surface area contributed by atoms with Crippen molar-refractivity contribution in [2.24, 2.45) is 0 Å². The topological polar surface area (TPSA) is 82.1 Å². The minimum atomic E-state index is -1.01. The Labute approximate surface area is 178 Å². The van der Waals surface area contributed by atoms with Crippen molar-refractivity contribution in [3.63, 3.8) is 0 Å². The maximum Gasteiger partial charge on any atom is 0.414 e. The average molecular weight is 452 g/mol. The average Bonchev–Trinajstić information content (AvgIpc) is 3.25. The van der Waals surface area contributed by atoms with Gasteiger partial charge in [0.15, 0.2) is 0 Å². The lowest BCUT2D eigenvalue weighted by atomic mass is 10.0. The summed E-state index contributed by atoms with van der Waals surface area (Å²) in [7, 11) is 5.15. The van der Waals surface area contributed by atoms with Gasteiger partial charge in [0.05, 0.1) is 13.0 Å². The van der Waals surface area contributed by atoms with Gasteiger partial charge in [-0.15, -0.1) is 11.8 Å². The van der Waals surface area contributed by atoms with Crippen LogP contribution in [0.1, 0.15) is 52.9 Å². The highest BCUT2D eigenvalue weighted by atomic mass is 33.1. The number of unbranched alkanes of at least 4 members (excludes halogenated alkanes) is 1. The van der Waals surface area contributed by atoms with E-state index >= 15 is 0 Å². The number of methoxy groups -OCH3 is 1. The molecule has 2 rings (SSSR count). The fourth-order valence-electron chi connectivity index (χ4n) is 3.13. The third-order valence-corrected chi connectivity index (χ3v) is 9.03. The molecular weight excluding hydrogens is 422 g/mol. The second kappa shape index (κ2) is 10.9. The molecule has 28 heavy (non-hydrogen) atoms. The van der Waals surface area contributed by atoms with Gasteiger partial charge in [0, 0.05) is 29.1 Å². The van der Waals surface area contributed by atoms with E-state index in [1.807, 2.05) is 35.4 Å². The molecule has 0 aromatic heterocycles. The number of hydrogen-bond donors (Lipinski definition) is 0. The second-order valence-corrected chi connectivity index (χ2v) is 11.7. The number of carbonyl (C=O) groups excluding carboxylic acids is 3. The van der Waals surface area contributed by atoms with Gasteiger partial charge < -0.3 is 14.2 Å². The monoisotopic (exact) mass is 451 g/mol. The minimum Gasteiger partial charge on any atom is -0.467 e. The molecule has 10 heteroatoms. The molecule has 1 amide bonds. The smallest absolute Gasteiger partial charge is 0.414 e. The molecule has 2 saturated heterocycles. The van der Waals surface area contributed by atoms with E-state index in [2.05, 4.69) is 0 Å². The van der Waals surface area contributed by atoms with Gasteiger partial charge in [-0.05, 0) is 33.1 Å². The molecule has 7 nitrogen and oxygen atoms in total. The van der Waals surface area contributed by atoms with Crippen LogP contribution in [0.25, 0.3) is 0 Å². The van der Waals surface area contributed by atoms with Gasteiger partial charge in [-0.1, -0.05) is 28.0 Å². The zero-order chi connectivity index (χ0) is 20.7. The predicted octanol–water partition coefficient (Wildman–Crippen LogP) is 4.05. The summed E-state index contributed by atoms with van der Waals surface area (Å²) in [6, 6.07) is -0.746. The van der Waals surface area contributed by atoms with Crippen LogP contribution in [0.2, 0.25) is 0 Å². The number of nitrogens with zero attached hydrogens (tertiary/aromatic N) is 1. The molecule has 2 aliphatic heterocycles. The first-order valence-corrected chi connectivity index (χ1v) is 12.8. The fourth-order valence-corrected chi connectivity index (χ4v) is 7.26. The van der Waals surface area contributed by atoms with Gasteiger partial charge in [0.25, 0.3) is 0 Å². The Morgan fingerprint density at radius 2 is 1.96 bits per heavy atom. The summed E-state index contributed by atoms with van der Waals surface area (Å²) in [5, 5.41) is 0.700. The Kier molecular flexibility index (Phi) is 9.14. The maximum atomic E-state index is 12.5. The van der Waals surface area contributed by atoms with Crippen LogP contribution >= 0.6 is 33.3 Å². The van der Waals surface area contributed by atoms with E-state index in [0.717, 1.165) is 19.3 Å². The van der Waals surface area contributed by atoms with E-state index in [1.54, 1.807) is 0 Å². The minimum absolute atomic E-state index is 0.309. The maximum absolute atomic E-state index is 12.5. The lowest BCUT2D eigenvalue weighted by molar-refractivity contribution is -0.167. The Morgan fingerprint density at radius 3 is 2.61 bits per heavy atom.